The summed E-state index contributed by atoms with van der Waals surface area (Å²) in [5.74, 6) is 0.0573. The Morgan fingerprint density at radius 1 is 0.786 bits per heavy atom. The van der Waals surface area contributed by atoms with E-state index in [9.17, 15) is 21.2 Å². The Hall–Kier alpha value is -2.01. The highest BCUT2D eigenvalue weighted by atomic mass is 32.2. The maximum atomic E-state index is 13.0. The molecule has 1 aliphatic rings. The lowest BCUT2D eigenvalue weighted by molar-refractivity contribution is 0.272. The predicted molar refractivity (Wildman–Crippen MR) is 102 cm³/mol. The Balaban J connectivity index is 1.71. The van der Waals surface area contributed by atoms with Gasteiger partial charge in [-0.1, -0.05) is 0 Å². The fraction of sp³-hybridized carbons (Fsp3) is 0.333. The lowest BCUT2D eigenvalue weighted by Gasteiger charge is -2.33. The zero-order valence-corrected chi connectivity index (χ0v) is 16.9. The Morgan fingerprint density at radius 3 is 1.57 bits per heavy atom. The van der Waals surface area contributed by atoms with Crippen LogP contribution in [0, 0.1) is 5.82 Å². The van der Waals surface area contributed by atoms with Gasteiger partial charge in [0.15, 0.2) is 0 Å². The molecule has 2 aromatic carbocycles. The van der Waals surface area contributed by atoms with Crippen LogP contribution in [0.5, 0.6) is 5.75 Å². The van der Waals surface area contributed by atoms with E-state index in [1.807, 2.05) is 6.92 Å². The normalized spacial score (nSPS) is 16.8. The van der Waals surface area contributed by atoms with Crippen LogP contribution in [0.4, 0.5) is 4.39 Å². The van der Waals surface area contributed by atoms with Gasteiger partial charge in [0.1, 0.15) is 11.6 Å². The second-order valence-corrected chi connectivity index (χ2v) is 10.0. The minimum Gasteiger partial charge on any atom is -0.494 e. The summed E-state index contributed by atoms with van der Waals surface area (Å²) in [6, 6.07) is 10.7. The standard InChI is InChI=1S/C18H21FN2O5S2/c1-2-26-16-5-9-18(10-6-16)28(24,25)21-13-11-20(12-14-21)27(22,23)17-7-3-15(19)4-8-17/h3-10H,2,11-14H2,1H3. The number of sulfonamides is 2. The highest BCUT2D eigenvalue weighted by Gasteiger charge is 2.33. The van der Waals surface area contributed by atoms with Crippen molar-refractivity contribution >= 4 is 20.0 Å². The molecule has 0 aliphatic carbocycles. The first-order chi connectivity index (χ1) is 13.2. The highest BCUT2D eigenvalue weighted by Crippen LogP contribution is 2.23. The minimum atomic E-state index is -3.80. The average Bonchev–Trinajstić information content (AvgIpc) is 2.69. The highest BCUT2D eigenvalue weighted by molar-refractivity contribution is 7.89. The van der Waals surface area contributed by atoms with Crippen molar-refractivity contribution in [3.05, 3.63) is 54.3 Å². The van der Waals surface area contributed by atoms with Gasteiger partial charge in [0, 0.05) is 26.2 Å². The van der Waals surface area contributed by atoms with Gasteiger partial charge in [-0.05, 0) is 55.5 Å². The first-order valence-electron chi connectivity index (χ1n) is 8.74. The monoisotopic (exact) mass is 428 g/mol. The van der Waals surface area contributed by atoms with E-state index in [1.165, 1.54) is 32.9 Å². The molecule has 0 spiro atoms. The third-order valence-corrected chi connectivity index (χ3v) is 8.25. The molecule has 1 heterocycles. The fourth-order valence-electron chi connectivity index (χ4n) is 2.93. The molecule has 0 aromatic heterocycles. The van der Waals surface area contributed by atoms with E-state index in [0.29, 0.717) is 12.4 Å². The topological polar surface area (TPSA) is 84.0 Å². The summed E-state index contributed by atoms with van der Waals surface area (Å²) in [4.78, 5) is 0.113. The van der Waals surface area contributed by atoms with Crippen LogP contribution in [0.15, 0.2) is 58.3 Å². The molecule has 1 saturated heterocycles. The van der Waals surface area contributed by atoms with Gasteiger partial charge in [-0.3, -0.25) is 0 Å². The van der Waals surface area contributed by atoms with E-state index in [-0.39, 0.29) is 36.0 Å². The van der Waals surface area contributed by atoms with Crippen molar-refractivity contribution in [1.29, 1.82) is 0 Å². The lowest BCUT2D eigenvalue weighted by Crippen LogP contribution is -2.50. The molecular weight excluding hydrogens is 407 g/mol. The molecule has 2 aromatic rings. The fourth-order valence-corrected chi connectivity index (χ4v) is 5.77. The number of hydrogen-bond donors (Lipinski definition) is 0. The number of benzene rings is 2. The van der Waals surface area contributed by atoms with Crippen LogP contribution >= 0.6 is 0 Å². The van der Waals surface area contributed by atoms with Gasteiger partial charge < -0.3 is 4.74 Å². The Kier molecular flexibility index (Phi) is 6.04. The molecule has 0 bridgehead atoms. The molecule has 1 aliphatic heterocycles. The van der Waals surface area contributed by atoms with Crippen LogP contribution in [-0.2, 0) is 20.0 Å². The van der Waals surface area contributed by atoms with E-state index in [1.54, 1.807) is 12.1 Å². The van der Waals surface area contributed by atoms with Crippen molar-refractivity contribution in [2.45, 2.75) is 16.7 Å². The summed E-state index contributed by atoms with van der Waals surface area (Å²) in [7, 11) is -7.52. The Bertz CT molecular complexity index is 1010. The van der Waals surface area contributed by atoms with Gasteiger partial charge in [-0.25, -0.2) is 21.2 Å². The summed E-state index contributed by atoms with van der Waals surface area (Å²) >= 11 is 0. The van der Waals surface area contributed by atoms with Crippen molar-refractivity contribution in [2.24, 2.45) is 0 Å². The van der Waals surface area contributed by atoms with Gasteiger partial charge in [0.05, 0.1) is 16.4 Å². The predicted octanol–water partition coefficient (Wildman–Crippen LogP) is 1.92. The Morgan fingerprint density at radius 2 is 1.18 bits per heavy atom. The van der Waals surface area contributed by atoms with Crippen LogP contribution in [0.1, 0.15) is 6.92 Å². The van der Waals surface area contributed by atoms with Crippen molar-refractivity contribution in [3.63, 3.8) is 0 Å². The second-order valence-electron chi connectivity index (χ2n) is 6.17. The SMILES string of the molecule is CCOc1ccc(S(=O)(=O)N2CCN(S(=O)(=O)c3ccc(F)cc3)CC2)cc1. The first-order valence-corrected chi connectivity index (χ1v) is 11.6. The van der Waals surface area contributed by atoms with Gasteiger partial charge in [-0.2, -0.15) is 8.61 Å². The van der Waals surface area contributed by atoms with Crippen molar-refractivity contribution < 1.29 is 26.0 Å². The van der Waals surface area contributed by atoms with Crippen molar-refractivity contribution in [3.8, 4) is 5.75 Å². The minimum absolute atomic E-state index is 0.0169. The molecule has 28 heavy (non-hydrogen) atoms. The summed E-state index contributed by atoms with van der Waals surface area (Å²) in [5, 5.41) is 0. The van der Waals surface area contributed by atoms with Crippen LogP contribution in [0.2, 0.25) is 0 Å². The average molecular weight is 429 g/mol. The Labute approximate surface area is 164 Å². The quantitative estimate of drug-likeness (QED) is 0.702. The van der Waals surface area contributed by atoms with Gasteiger partial charge in [0.2, 0.25) is 20.0 Å². The molecule has 0 unspecified atom stereocenters. The second kappa shape index (κ2) is 8.16. The van der Waals surface area contributed by atoms with Crippen molar-refractivity contribution in [1.82, 2.24) is 8.61 Å². The summed E-state index contributed by atoms with van der Waals surface area (Å²) < 4.78 is 71.7. The van der Waals surface area contributed by atoms with Gasteiger partial charge in [0.25, 0.3) is 0 Å². The van der Waals surface area contributed by atoms with Crippen LogP contribution in [0.3, 0.4) is 0 Å². The van der Waals surface area contributed by atoms with E-state index in [4.69, 9.17) is 4.74 Å². The van der Waals surface area contributed by atoms with Crippen LogP contribution < -0.4 is 4.74 Å². The number of halogens is 1. The molecule has 152 valence electrons. The molecule has 0 N–H and O–H groups in total. The molecule has 0 amide bonds. The zero-order valence-electron chi connectivity index (χ0n) is 15.3. The number of piperazine rings is 1. The number of hydrogen-bond acceptors (Lipinski definition) is 5. The third-order valence-electron chi connectivity index (χ3n) is 4.42. The first kappa shape index (κ1) is 20.7. The van der Waals surface area contributed by atoms with Crippen molar-refractivity contribution in [2.75, 3.05) is 32.8 Å². The number of ether oxygens (including phenoxy) is 1. The van der Waals surface area contributed by atoms with Crippen LogP contribution in [-0.4, -0.2) is 58.2 Å². The van der Waals surface area contributed by atoms with Gasteiger partial charge >= 0.3 is 0 Å². The molecule has 1 fully saturated rings. The maximum Gasteiger partial charge on any atom is 0.243 e. The zero-order chi connectivity index (χ0) is 20.4. The largest absolute Gasteiger partial charge is 0.494 e. The van der Waals surface area contributed by atoms with E-state index in [2.05, 4.69) is 0 Å². The number of rotatable bonds is 6. The van der Waals surface area contributed by atoms with E-state index in [0.717, 1.165) is 12.1 Å². The molecule has 0 saturated carbocycles. The van der Waals surface area contributed by atoms with Gasteiger partial charge in [-0.15, -0.1) is 0 Å². The molecule has 7 nitrogen and oxygen atoms in total. The third kappa shape index (κ3) is 4.19. The summed E-state index contributed by atoms with van der Waals surface area (Å²) in [5.41, 5.74) is 0. The van der Waals surface area contributed by atoms with E-state index >= 15 is 0 Å². The maximum absolute atomic E-state index is 13.0. The smallest absolute Gasteiger partial charge is 0.243 e. The summed E-state index contributed by atoms with van der Waals surface area (Å²) in [6.45, 7) is 2.44. The molecule has 10 heteroatoms. The summed E-state index contributed by atoms with van der Waals surface area (Å²) in [6.07, 6.45) is 0. The van der Waals surface area contributed by atoms with Crippen LogP contribution in [0.25, 0.3) is 0 Å². The molecule has 0 atom stereocenters. The van der Waals surface area contributed by atoms with E-state index < -0.39 is 25.9 Å². The number of nitrogens with zero attached hydrogens (tertiary/aromatic N) is 2. The molecule has 3 rings (SSSR count). The molecular formula is C18H21FN2O5S2. The lowest BCUT2D eigenvalue weighted by atomic mass is 10.3. The molecule has 0 radical (unpaired) electrons.